The molecule has 0 spiro atoms. The molecular weight excluding hydrogens is 352 g/mol. The van der Waals surface area contributed by atoms with E-state index >= 15 is 0 Å². The standard InChI is InChI=1S/C21H26N6O/c1-15-19(25-14-24-15)13-26-9-16-4-5-18(12-26)27(10-16)11-17-7-22-21(23-8-17)20-3-2-6-28-20/h2-3,6-8,14,16,18H,4-5,9-13H2,1H3,(H,24,25)/t16-,18+/m0/s1. The van der Waals surface area contributed by atoms with Crippen molar-refractivity contribution in [1.29, 1.82) is 0 Å². The minimum Gasteiger partial charge on any atom is -0.461 e. The van der Waals surface area contributed by atoms with Gasteiger partial charge in [0.2, 0.25) is 0 Å². The molecule has 3 saturated heterocycles. The van der Waals surface area contributed by atoms with Gasteiger partial charge in [-0.2, -0.15) is 0 Å². The van der Waals surface area contributed by atoms with Crippen molar-refractivity contribution in [2.24, 2.45) is 5.92 Å². The molecule has 7 heteroatoms. The Morgan fingerprint density at radius 1 is 1.11 bits per heavy atom. The van der Waals surface area contributed by atoms with Gasteiger partial charge in [-0.3, -0.25) is 9.80 Å². The number of nitrogens with zero attached hydrogens (tertiary/aromatic N) is 5. The van der Waals surface area contributed by atoms with E-state index in [4.69, 9.17) is 4.42 Å². The fourth-order valence-corrected chi connectivity index (χ4v) is 4.56. The van der Waals surface area contributed by atoms with Crippen molar-refractivity contribution in [3.05, 3.63) is 54.1 Å². The first-order valence-corrected chi connectivity index (χ1v) is 10.0. The zero-order chi connectivity index (χ0) is 18.9. The van der Waals surface area contributed by atoms with Crippen molar-refractivity contribution in [1.82, 2.24) is 29.7 Å². The smallest absolute Gasteiger partial charge is 0.195 e. The highest BCUT2D eigenvalue weighted by atomic mass is 16.3. The van der Waals surface area contributed by atoms with E-state index in [0.29, 0.717) is 17.6 Å². The lowest BCUT2D eigenvalue weighted by atomic mass is 9.95. The van der Waals surface area contributed by atoms with Gasteiger partial charge in [-0.1, -0.05) is 0 Å². The maximum absolute atomic E-state index is 5.38. The molecule has 2 bridgehead atoms. The number of fused-ring (bicyclic) bond motifs is 4. The summed E-state index contributed by atoms with van der Waals surface area (Å²) in [4.78, 5) is 21.9. The molecule has 3 fully saturated rings. The van der Waals surface area contributed by atoms with E-state index in [1.807, 2.05) is 24.5 Å². The summed E-state index contributed by atoms with van der Waals surface area (Å²) in [5.41, 5.74) is 3.52. The van der Waals surface area contributed by atoms with Crippen LogP contribution in [0.3, 0.4) is 0 Å². The summed E-state index contributed by atoms with van der Waals surface area (Å²) in [6.45, 7) is 7.38. The van der Waals surface area contributed by atoms with Gasteiger partial charge in [-0.05, 0) is 37.8 Å². The predicted molar refractivity (Wildman–Crippen MR) is 105 cm³/mol. The summed E-state index contributed by atoms with van der Waals surface area (Å²) in [5.74, 6) is 2.08. The number of furan rings is 1. The maximum Gasteiger partial charge on any atom is 0.195 e. The predicted octanol–water partition coefficient (Wildman–Crippen LogP) is 2.86. The first-order valence-electron chi connectivity index (χ1n) is 10.0. The number of hydrogen-bond donors (Lipinski definition) is 1. The minimum absolute atomic E-state index is 0.586. The molecule has 7 nitrogen and oxygen atoms in total. The van der Waals surface area contributed by atoms with E-state index in [0.717, 1.165) is 44.2 Å². The van der Waals surface area contributed by atoms with Gasteiger partial charge in [0.25, 0.3) is 0 Å². The summed E-state index contributed by atoms with van der Waals surface area (Å²) in [5, 5.41) is 0. The highest BCUT2D eigenvalue weighted by molar-refractivity contribution is 5.45. The Morgan fingerprint density at radius 3 is 2.75 bits per heavy atom. The van der Waals surface area contributed by atoms with Crippen LogP contribution in [0.2, 0.25) is 0 Å². The number of rotatable bonds is 5. The van der Waals surface area contributed by atoms with Crippen LogP contribution in [0.4, 0.5) is 0 Å². The fraction of sp³-hybridized carbons (Fsp3) is 0.476. The Bertz CT molecular complexity index is 903. The van der Waals surface area contributed by atoms with Crippen LogP contribution in [-0.2, 0) is 13.1 Å². The molecule has 6 rings (SSSR count). The monoisotopic (exact) mass is 378 g/mol. The normalized spacial score (nSPS) is 23.2. The van der Waals surface area contributed by atoms with Gasteiger partial charge < -0.3 is 9.40 Å². The van der Waals surface area contributed by atoms with E-state index in [1.165, 1.54) is 24.2 Å². The molecule has 0 saturated carbocycles. The number of piperidine rings is 1. The molecule has 3 aromatic rings. The number of aromatic nitrogens is 4. The van der Waals surface area contributed by atoms with Gasteiger partial charge in [0.05, 0.1) is 18.3 Å². The molecule has 28 heavy (non-hydrogen) atoms. The molecular formula is C21H26N6O. The second-order valence-corrected chi connectivity index (χ2v) is 8.09. The van der Waals surface area contributed by atoms with Crippen LogP contribution in [0.1, 0.15) is 29.8 Å². The van der Waals surface area contributed by atoms with Crippen LogP contribution in [0.5, 0.6) is 0 Å². The molecule has 6 heterocycles. The first-order chi connectivity index (χ1) is 13.7. The Balaban J connectivity index is 1.26. The quantitative estimate of drug-likeness (QED) is 0.736. The van der Waals surface area contributed by atoms with Crippen LogP contribution in [-0.4, -0.2) is 55.4 Å². The summed E-state index contributed by atoms with van der Waals surface area (Å²) in [7, 11) is 0. The number of aromatic amines is 1. The van der Waals surface area contributed by atoms with Gasteiger partial charge in [0, 0.05) is 62.4 Å². The summed E-state index contributed by atoms with van der Waals surface area (Å²) < 4.78 is 5.38. The molecule has 0 radical (unpaired) electrons. The maximum atomic E-state index is 5.38. The number of nitrogens with one attached hydrogen (secondary N) is 1. The number of hydrogen-bond acceptors (Lipinski definition) is 6. The zero-order valence-electron chi connectivity index (χ0n) is 16.2. The molecule has 2 atom stereocenters. The van der Waals surface area contributed by atoms with E-state index in [-0.39, 0.29) is 0 Å². The van der Waals surface area contributed by atoms with Crippen molar-refractivity contribution in [3.63, 3.8) is 0 Å². The average Bonchev–Trinajstić information content (AvgIpc) is 3.29. The van der Waals surface area contributed by atoms with Gasteiger partial charge in [-0.15, -0.1) is 0 Å². The van der Waals surface area contributed by atoms with Crippen molar-refractivity contribution in [2.75, 3.05) is 19.6 Å². The third-order valence-electron chi connectivity index (χ3n) is 6.04. The van der Waals surface area contributed by atoms with Gasteiger partial charge in [0.15, 0.2) is 11.6 Å². The van der Waals surface area contributed by atoms with Crippen LogP contribution in [0.25, 0.3) is 11.6 Å². The Hall–Kier alpha value is -2.51. The van der Waals surface area contributed by atoms with Crippen molar-refractivity contribution < 1.29 is 4.42 Å². The molecule has 3 aliphatic rings. The van der Waals surface area contributed by atoms with Gasteiger partial charge >= 0.3 is 0 Å². The number of aryl methyl sites for hydroxylation is 1. The molecule has 146 valence electrons. The Labute approximate surface area is 164 Å². The average molecular weight is 378 g/mol. The summed E-state index contributed by atoms with van der Waals surface area (Å²) in [6.07, 6.45) is 9.92. The molecule has 0 aromatic carbocycles. The summed E-state index contributed by atoms with van der Waals surface area (Å²) in [6, 6.07) is 4.33. The Kier molecular flexibility index (Phi) is 4.70. The SMILES string of the molecule is Cc1[nH]cnc1CN1C[C@@H]2CC[C@H](C1)N(Cc1cnc(-c3ccco3)nc1)C2. The fourth-order valence-electron chi connectivity index (χ4n) is 4.56. The van der Waals surface area contributed by atoms with Gasteiger partial charge in [0.1, 0.15) is 0 Å². The summed E-state index contributed by atoms with van der Waals surface area (Å²) >= 11 is 0. The third kappa shape index (κ3) is 3.59. The lowest BCUT2D eigenvalue weighted by molar-refractivity contribution is 0.123. The second kappa shape index (κ2) is 7.48. The van der Waals surface area contributed by atoms with Gasteiger partial charge in [-0.25, -0.2) is 15.0 Å². The number of H-pyrrole nitrogens is 1. The highest BCUT2D eigenvalue weighted by Gasteiger charge is 2.35. The second-order valence-electron chi connectivity index (χ2n) is 8.09. The van der Waals surface area contributed by atoms with Crippen molar-refractivity contribution in [2.45, 2.75) is 38.9 Å². The highest BCUT2D eigenvalue weighted by Crippen LogP contribution is 2.30. The van der Waals surface area contributed by atoms with Crippen LogP contribution < -0.4 is 0 Å². The minimum atomic E-state index is 0.586. The Morgan fingerprint density at radius 2 is 2.00 bits per heavy atom. The third-order valence-corrected chi connectivity index (χ3v) is 6.04. The van der Waals surface area contributed by atoms with Crippen molar-refractivity contribution >= 4 is 0 Å². The van der Waals surface area contributed by atoms with Crippen LogP contribution >= 0.6 is 0 Å². The van der Waals surface area contributed by atoms with Crippen LogP contribution in [0.15, 0.2) is 41.5 Å². The molecule has 3 aliphatic heterocycles. The molecule has 0 aliphatic carbocycles. The zero-order valence-corrected chi connectivity index (χ0v) is 16.2. The van der Waals surface area contributed by atoms with E-state index in [2.05, 4.69) is 36.7 Å². The van der Waals surface area contributed by atoms with E-state index < -0.39 is 0 Å². The number of imidazole rings is 1. The van der Waals surface area contributed by atoms with Crippen molar-refractivity contribution in [3.8, 4) is 11.6 Å². The molecule has 1 N–H and O–H groups in total. The van der Waals surface area contributed by atoms with E-state index in [1.54, 1.807) is 12.6 Å². The lowest BCUT2D eigenvalue weighted by Gasteiger charge is -2.36. The lowest BCUT2D eigenvalue weighted by Crippen LogP contribution is -2.43. The first kappa shape index (κ1) is 17.6. The molecule has 0 amide bonds. The van der Waals surface area contributed by atoms with E-state index in [9.17, 15) is 0 Å². The topological polar surface area (TPSA) is 74.1 Å². The molecule has 3 aromatic heterocycles. The largest absolute Gasteiger partial charge is 0.461 e. The molecule has 0 unspecified atom stereocenters. The van der Waals surface area contributed by atoms with Crippen LogP contribution in [0, 0.1) is 12.8 Å².